The van der Waals surface area contributed by atoms with Crippen LogP contribution in [-0.2, 0) is 22.9 Å². The number of hydrogen-bond donors (Lipinski definition) is 0. The van der Waals surface area contributed by atoms with E-state index in [1.807, 2.05) is 18.2 Å². The molecule has 1 fully saturated rings. The van der Waals surface area contributed by atoms with Crippen LogP contribution in [0.25, 0.3) is 0 Å². The molecule has 0 unspecified atom stereocenters. The van der Waals surface area contributed by atoms with Crippen LogP contribution in [0.5, 0.6) is 5.75 Å². The molecule has 1 heterocycles. The van der Waals surface area contributed by atoms with E-state index in [2.05, 4.69) is 0 Å². The Morgan fingerprint density at radius 3 is 2.30 bits per heavy atom. The minimum absolute atomic E-state index is 0.221. The fraction of sp³-hybridized carbons (Fsp3) is 0.381. The average molecular weight is 385 g/mol. The van der Waals surface area contributed by atoms with Gasteiger partial charge in [-0.15, -0.1) is 0 Å². The van der Waals surface area contributed by atoms with E-state index in [1.54, 1.807) is 0 Å². The highest BCUT2D eigenvalue weighted by atomic mass is 32.2. The molecule has 0 bridgehead atoms. The molecule has 1 saturated heterocycles. The molecular formula is C21H23NO4S. The lowest BCUT2D eigenvalue weighted by atomic mass is 10.1. The zero-order valence-corrected chi connectivity index (χ0v) is 16.0. The van der Waals surface area contributed by atoms with Crippen molar-refractivity contribution >= 4 is 16.0 Å². The summed E-state index contributed by atoms with van der Waals surface area (Å²) in [5, 5.41) is 0. The average Bonchev–Trinajstić information content (AvgIpc) is 3.16. The highest BCUT2D eigenvalue weighted by Crippen LogP contribution is 2.27. The zero-order valence-electron chi connectivity index (χ0n) is 15.2. The molecule has 1 aliphatic carbocycles. The van der Waals surface area contributed by atoms with Crippen molar-refractivity contribution in [3.8, 4) is 5.75 Å². The summed E-state index contributed by atoms with van der Waals surface area (Å²) in [5.74, 6) is 0.0560. The molecule has 4 rings (SSSR count). The van der Waals surface area contributed by atoms with Gasteiger partial charge in [-0.2, -0.15) is 4.31 Å². The molecule has 0 N–H and O–H groups in total. The molecule has 6 heteroatoms. The summed E-state index contributed by atoms with van der Waals surface area (Å²) < 4.78 is 32.3. The summed E-state index contributed by atoms with van der Waals surface area (Å²) in [6, 6.07) is 11.8. The lowest BCUT2D eigenvalue weighted by Crippen LogP contribution is -2.35. The predicted octanol–water partition coefficient (Wildman–Crippen LogP) is 3.57. The van der Waals surface area contributed by atoms with Crippen molar-refractivity contribution in [1.29, 1.82) is 0 Å². The Balaban J connectivity index is 1.47. The molecule has 0 saturated carbocycles. The number of ether oxygens (including phenoxy) is 1. The predicted molar refractivity (Wildman–Crippen MR) is 102 cm³/mol. The van der Waals surface area contributed by atoms with E-state index in [0.717, 1.165) is 38.5 Å². The lowest BCUT2D eigenvalue weighted by Gasteiger charge is -2.25. The normalized spacial score (nSPS) is 17.5. The molecule has 1 aliphatic heterocycles. The molecule has 0 atom stereocenters. The third-order valence-electron chi connectivity index (χ3n) is 5.32. The highest BCUT2D eigenvalue weighted by molar-refractivity contribution is 7.89. The first-order valence-electron chi connectivity index (χ1n) is 9.48. The minimum atomic E-state index is -3.49. The number of aryl methyl sites for hydroxylation is 2. The molecule has 5 nitrogen and oxygen atoms in total. The van der Waals surface area contributed by atoms with E-state index in [0.29, 0.717) is 24.4 Å². The number of benzene rings is 2. The van der Waals surface area contributed by atoms with Gasteiger partial charge in [-0.25, -0.2) is 13.2 Å². The topological polar surface area (TPSA) is 63.7 Å². The van der Waals surface area contributed by atoms with Gasteiger partial charge in [0.05, 0.1) is 10.5 Å². The number of fused-ring (bicyclic) bond motifs is 1. The van der Waals surface area contributed by atoms with E-state index in [-0.39, 0.29) is 4.90 Å². The largest absolute Gasteiger partial charge is 0.423 e. The molecule has 0 radical (unpaired) electrons. The van der Waals surface area contributed by atoms with Crippen LogP contribution in [-0.4, -0.2) is 31.8 Å². The number of piperidine rings is 1. The number of sulfonamides is 1. The molecule has 2 aromatic rings. The molecule has 2 aliphatic rings. The van der Waals surface area contributed by atoms with Crippen molar-refractivity contribution in [1.82, 2.24) is 4.31 Å². The summed E-state index contributed by atoms with van der Waals surface area (Å²) in [7, 11) is -3.49. The molecule has 2 aromatic carbocycles. The first kappa shape index (κ1) is 18.2. The molecule has 27 heavy (non-hydrogen) atoms. The monoisotopic (exact) mass is 385 g/mol. The summed E-state index contributed by atoms with van der Waals surface area (Å²) in [4.78, 5) is 12.6. The van der Waals surface area contributed by atoms with Gasteiger partial charge in [-0.05, 0) is 79.6 Å². The Morgan fingerprint density at radius 2 is 1.56 bits per heavy atom. The standard InChI is InChI=1S/C21H23NO4S/c23-21(26-19-10-7-16-5-4-6-18(16)15-19)17-8-11-20(12-9-17)27(24,25)22-13-2-1-3-14-22/h7-12,15H,1-6,13-14H2. The number of nitrogens with zero attached hydrogens (tertiary/aromatic N) is 1. The van der Waals surface area contributed by atoms with E-state index in [1.165, 1.54) is 39.7 Å². The van der Waals surface area contributed by atoms with Crippen LogP contribution < -0.4 is 4.74 Å². The van der Waals surface area contributed by atoms with Crippen molar-refractivity contribution in [2.45, 2.75) is 43.4 Å². The molecule has 0 aromatic heterocycles. The fourth-order valence-electron chi connectivity index (χ4n) is 3.79. The van der Waals surface area contributed by atoms with Crippen LogP contribution >= 0.6 is 0 Å². The van der Waals surface area contributed by atoms with E-state index >= 15 is 0 Å². The second-order valence-electron chi connectivity index (χ2n) is 7.16. The quantitative estimate of drug-likeness (QED) is 0.596. The van der Waals surface area contributed by atoms with Crippen LogP contribution in [0.15, 0.2) is 47.4 Å². The van der Waals surface area contributed by atoms with Gasteiger partial charge in [0, 0.05) is 13.1 Å². The van der Waals surface area contributed by atoms with Gasteiger partial charge in [0.15, 0.2) is 0 Å². The van der Waals surface area contributed by atoms with Crippen LogP contribution in [0.2, 0.25) is 0 Å². The maximum Gasteiger partial charge on any atom is 0.343 e. The van der Waals surface area contributed by atoms with Crippen molar-refractivity contribution in [3.63, 3.8) is 0 Å². The molecule has 0 spiro atoms. The second-order valence-corrected chi connectivity index (χ2v) is 9.10. The fourth-order valence-corrected chi connectivity index (χ4v) is 5.31. The third-order valence-corrected chi connectivity index (χ3v) is 7.24. The summed E-state index contributed by atoms with van der Waals surface area (Å²) in [6.45, 7) is 1.12. The van der Waals surface area contributed by atoms with Crippen LogP contribution in [0.4, 0.5) is 0 Å². The Morgan fingerprint density at radius 1 is 0.852 bits per heavy atom. The Kier molecular flexibility index (Phi) is 5.02. The maximum atomic E-state index is 12.7. The van der Waals surface area contributed by atoms with E-state index < -0.39 is 16.0 Å². The van der Waals surface area contributed by atoms with Crippen molar-refractivity contribution in [3.05, 3.63) is 59.2 Å². The number of esters is 1. The first-order valence-corrected chi connectivity index (χ1v) is 10.9. The summed E-state index contributed by atoms with van der Waals surface area (Å²) in [6.07, 6.45) is 6.09. The first-order chi connectivity index (χ1) is 13.0. The van der Waals surface area contributed by atoms with Crippen molar-refractivity contribution in [2.24, 2.45) is 0 Å². The number of rotatable bonds is 4. The Labute approximate surface area is 160 Å². The minimum Gasteiger partial charge on any atom is -0.423 e. The lowest BCUT2D eigenvalue weighted by molar-refractivity contribution is 0.0734. The zero-order chi connectivity index (χ0) is 18.9. The number of carbonyl (C=O) groups excluding carboxylic acids is 1. The Hall–Kier alpha value is -2.18. The number of hydrogen-bond acceptors (Lipinski definition) is 4. The van der Waals surface area contributed by atoms with Gasteiger partial charge in [-0.3, -0.25) is 0 Å². The Bertz CT molecular complexity index is 945. The molecular weight excluding hydrogens is 362 g/mol. The van der Waals surface area contributed by atoms with Gasteiger partial charge in [0.1, 0.15) is 5.75 Å². The molecule has 142 valence electrons. The second kappa shape index (κ2) is 7.44. The van der Waals surface area contributed by atoms with E-state index in [9.17, 15) is 13.2 Å². The molecule has 0 amide bonds. The van der Waals surface area contributed by atoms with Gasteiger partial charge in [0.2, 0.25) is 10.0 Å². The van der Waals surface area contributed by atoms with Crippen LogP contribution in [0.1, 0.15) is 47.2 Å². The smallest absolute Gasteiger partial charge is 0.343 e. The van der Waals surface area contributed by atoms with Crippen LogP contribution in [0.3, 0.4) is 0 Å². The highest BCUT2D eigenvalue weighted by Gasteiger charge is 2.26. The third kappa shape index (κ3) is 3.77. The van der Waals surface area contributed by atoms with Gasteiger partial charge in [0.25, 0.3) is 0 Å². The van der Waals surface area contributed by atoms with E-state index in [4.69, 9.17) is 4.74 Å². The summed E-state index contributed by atoms with van der Waals surface area (Å²) >= 11 is 0. The van der Waals surface area contributed by atoms with Gasteiger partial charge < -0.3 is 4.74 Å². The number of carbonyl (C=O) groups is 1. The maximum absolute atomic E-state index is 12.7. The van der Waals surface area contributed by atoms with Crippen LogP contribution in [0, 0.1) is 0 Å². The SMILES string of the molecule is O=C(Oc1ccc2c(c1)CCC2)c1ccc(S(=O)(=O)N2CCCCC2)cc1. The van der Waals surface area contributed by atoms with Crippen molar-refractivity contribution < 1.29 is 17.9 Å². The van der Waals surface area contributed by atoms with Crippen molar-refractivity contribution in [2.75, 3.05) is 13.1 Å². The van der Waals surface area contributed by atoms with Gasteiger partial charge in [-0.1, -0.05) is 12.5 Å². The van der Waals surface area contributed by atoms with Gasteiger partial charge >= 0.3 is 5.97 Å². The summed E-state index contributed by atoms with van der Waals surface area (Å²) in [5.41, 5.74) is 2.90.